The number of carbonyl (C=O) groups is 1. The van der Waals surface area contributed by atoms with Gasteiger partial charge in [0.2, 0.25) is 15.9 Å². The molecular weight excluding hydrogens is 897 g/mol. The number of aromatic nitrogens is 6. The lowest BCUT2D eigenvalue weighted by Gasteiger charge is -2.24. The summed E-state index contributed by atoms with van der Waals surface area (Å²) in [6.07, 6.45) is -2.92. The van der Waals surface area contributed by atoms with Gasteiger partial charge in [0.1, 0.15) is 41.2 Å². The van der Waals surface area contributed by atoms with Crippen molar-refractivity contribution in [1.29, 1.82) is 0 Å². The van der Waals surface area contributed by atoms with Crippen molar-refractivity contribution < 1.29 is 49.1 Å². The average molecular weight is 929 g/mol. The van der Waals surface area contributed by atoms with E-state index in [0.29, 0.717) is 10.7 Å². The summed E-state index contributed by atoms with van der Waals surface area (Å²) in [5.74, 6) is -10.1. The van der Waals surface area contributed by atoms with Gasteiger partial charge < -0.3 is 10.4 Å². The molecule has 3 heterocycles. The Kier molecular flexibility index (Phi) is 10.4. The highest BCUT2D eigenvalue weighted by Crippen LogP contribution is 2.68. The van der Waals surface area contributed by atoms with Gasteiger partial charge in [0.25, 0.3) is 17.9 Å². The Bertz CT molecular complexity index is 3270. The number of benzene rings is 4. The number of rotatable bonds is 12. The molecule has 0 bridgehead atoms. The summed E-state index contributed by atoms with van der Waals surface area (Å²) < 4.78 is 134. The maximum Gasteiger partial charge on any atom is 0.293 e. The van der Waals surface area contributed by atoms with Gasteiger partial charge in [0.15, 0.2) is 5.82 Å². The molecule has 22 heteroatoms. The van der Waals surface area contributed by atoms with Crippen molar-refractivity contribution in [3.63, 3.8) is 0 Å². The number of aliphatic hydroxyl groups excluding tert-OH is 1. The van der Waals surface area contributed by atoms with E-state index < -0.39 is 100 Å². The van der Waals surface area contributed by atoms with Gasteiger partial charge in [-0.15, -0.1) is 0 Å². The van der Waals surface area contributed by atoms with Crippen LogP contribution in [0.1, 0.15) is 58.7 Å². The lowest BCUT2D eigenvalue weighted by atomic mass is 9.98. The maximum absolute atomic E-state index is 15.5. The first-order valence-electron chi connectivity index (χ1n) is 19.4. The fourth-order valence-corrected chi connectivity index (χ4v) is 9.47. The highest BCUT2D eigenvalue weighted by atomic mass is 35.5. The molecule has 64 heavy (non-hydrogen) atoms. The Balaban J connectivity index is 1.27. The highest BCUT2D eigenvalue weighted by Gasteiger charge is 2.67. The number of alkyl halides is 4. The number of carbonyl (C=O) groups excluding carboxylic acids is 1. The minimum atomic E-state index is -3.95. The predicted molar refractivity (Wildman–Crippen MR) is 219 cm³/mol. The number of aliphatic hydroxyl groups is 1. The van der Waals surface area contributed by atoms with Gasteiger partial charge in [-0.2, -0.15) is 19.0 Å². The molecule has 0 aliphatic heterocycles. The number of sulfonamides is 1. The molecule has 332 valence electrons. The van der Waals surface area contributed by atoms with E-state index in [4.69, 9.17) is 16.6 Å². The van der Waals surface area contributed by atoms with Crippen LogP contribution in [0.3, 0.4) is 0 Å². The predicted octanol–water partition coefficient (Wildman–Crippen LogP) is 7.32. The molecule has 0 radical (unpaired) electrons. The smallest absolute Gasteiger partial charge is 0.293 e. The number of halogens is 8. The fraction of sp³-hybridized carbons (Fsp3) is 0.262. The van der Waals surface area contributed by atoms with E-state index in [1.165, 1.54) is 54.2 Å². The first-order valence-corrected chi connectivity index (χ1v) is 21.6. The van der Waals surface area contributed by atoms with E-state index >= 15 is 13.6 Å². The molecule has 2 aliphatic rings. The molecule has 7 aromatic rings. The van der Waals surface area contributed by atoms with Crippen LogP contribution in [0.15, 0.2) is 71.5 Å². The van der Waals surface area contributed by atoms with Gasteiger partial charge >= 0.3 is 0 Å². The third kappa shape index (κ3) is 7.33. The summed E-state index contributed by atoms with van der Waals surface area (Å²) in [6, 6.07) is 11.9. The number of hydrogen-bond acceptors (Lipinski definition) is 8. The minimum absolute atomic E-state index is 0.00906. The maximum atomic E-state index is 15.5. The van der Waals surface area contributed by atoms with Crippen molar-refractivity contribution in [2.24, 2.45) is 13.0 Å². The van der Waals surface area contributed by atoms with Crippen LogP contribution in [0.4, 0.5) is 36.6 Å². The second-order valence-electron chi connectivity index (χ2n) is 15.7. The largest absolute Gasteiger partial charge is 0.392 e. The second kappa shape index (κ2) is 15.4. The number of nitrogens with zero attached hydrogens (tertiary/aromatic N) is 6. The molecule has 2 aliphatic carbocycles. The lowest BCUT2D eigenvalue weighted by Crippen LogP contribution is -2.38. The monoisotopic (exact) mass is 928 g/mol. The zero-order chi connectivity index (χ0) is 45.7. The number of anilines is 1. The van der Waals surface area contributed by atoms with Crippen LogP contribution in [-0.4, -0.2) is 54.8 Å². The highest BCUT2D eigenvalue weighted by molar-refractivity contribution is 7.92. The summed E-state index contributed by atoms with van der Waals surface area (Å²) in [5, 5.41) is 20.6. The third-order valence-electron chi connectivity index (χ3n) is 11.4. The number of fused-ring (bicyclic) bond motifs is 5. The molecule has 0 spiro atoms. The van der Waals surface area contributed by atoms with Gasteiger partial charge in [-0.25, -0.2) is 35.4 Å². The fourth-order valence-electron chi connectivity index (χ4n) is 8.74. The van der Waals surface area contributed by atoms with Crippen LogP contribution < -0.4 is 15.6 Å². The van der Waals surface area contributed by atoms with Crippen LogP contribution in [0.5, 0.6) is 0 Å². The van der Waals surface area contributed by atoms with Crippen molar-refractivity contribution in [3.8, 4) is 16.8 Å². The van der Waals surface area contributed by atoms with Gasteiger partial charge in [-0.05, 0) is 71.5 Å². The quantitative estimate of drug-likeness (QED) is 0.107. The molecule has 1 saturated carbocycles. The van der Waals surface area contributed by atoms with E-state index in [1.807, 2.05) is 0 Å². The molecule has 9 rings (SSSR count). The van der Waals surface area contributed by atoms with E-state index in [-0.39, 0.29) is 78.4 Å². The van der Waals surface area contributed by atoms with Crippen molar-refractivity contribution in [3.05, 3.63) is 133 Å². The minimum Gasteiger partial charge on any atom is -0.392 e. The lowest BCUT2D eigenvalue weighted by molar-refractivity contribution is -0.123. The van der Waals surface area contributed by atoms with Gasteiger partial charge in [-0.3, -0.25) is 28.2 Å². The molecular formula is C42H32ClF7N8O5S. The summed E-state index contributed by atoms with van der Waals surface area (Å²) >= 11 is 6.62. The van der Waals surface area contributed by atoms with Crippen LogP contribution >= 0.6 is 11.6 Å². The summed E-state index contributed by atoms with van der Waals surface area (Å²) in [4.78, 5) is 34.0. The standard InChI is InChI=1S/C42H32ClF7N8O5S/c1-56-36-31(9-8-27(43)34(36)39(54-56)55-64(2,62)63)58-40(52-29-13-19(6-7-23(29)41(58)61)22-4-3-5-28(46)25(22)17-59)30(12-18-10-20(44)14-21(45)11-18)51-32(60)16-57-37-33(35(53-57)38(47)48)24-15-26(24)42(37,49)50/h3-11,13-14,24,26,30,38,59H,12,15-17H2,1-2H3,(H,51,60)(H,54,55)/t24-,26+,30-/m0/s1. The Hall–Kier alpha value is -6.32. The van der Waals surface area contributed by atoms with E-state index in [1.54, 1.807) is 0 Å². The first-order chi connectivity index (χ1) is 30.2. The Morgan fingerprint density at radius 3 is 2.45 bits per heavy atom. The summed E-state index contributed by atoms with van der Waals surface area (Å²) in [5.41, 5.74) is -2.53. The molecule has 1 amide bonds. The zero-order valence-electron chi connectivity index (χ0n) is 33.2. The molecule has 3 N–H and O–H groups in total. The van der Waals surface area contributed by atoms with Crippen molar-refractivity contribution in [2.75, 3.05) is 11.0 Å². The van der Waals surface area contributed by atoms with Crippen LogP contribution in [-0.2, 0) is 47.4 Å². The van der Waals surface area contributed by atoms with E-state index in [0.717, 1.165) is 29.0 Å². The summed E-state index contributed by atoms with van der Waals surface area (Å²) in [6.45, 7) is -1.73. The molecule has 0 unspecified atom stereocenters. The summed E-state index contributed by atoms with van der Waals surface area (Å²) in [7, 11) is -2.53. The molecule has 4 aromatic carbocycles. The second-order valence-corrected chi connectivity index (χ2v) is 17.8. The number of nitrogens with one attached hydrogen (secondary N) is 2. The molecule has 3 atom stereocenters. The van der Waals surface area contributed by atoms with Gasteiger partial charge in [0.05, 0.1) is 51.4 Å². The Morgan fingerprint density at radius 2 is 1.77 bits per heavy atom. The molecule has 0 saturated heterocycles. The SMILES string of the molecule is Cn1nc(NS(C)(=O)=O)c2c(Cl)ccc(-n3c([C@H](Cc4cc(F)cc(F)c4)NC(=O)Cn4nc(C(F)F)c5c4C(F)(F)[C@@H]4C[C@H]54)nc4cc(-c5cccc(F)c5CO)ccc4c3=O)c21. The Morgan fingerprint density at radius 1 is 1.03 bits per heavy atom. The van der Waals surface area contributed by atoms with Crippen LogP contribution in [0, 0.1) is 23.4 Å². The molecule has 3 aromatic heterocycles. The molecule has 13 nitrogen and oxygen atoms in total. The van der Waals surface area contributed by atoms with Crippen molar-refractivity contribution >= 4 is 55.2 Å². The normalized spacial score (nSPS) is 16.9. The van der Waals surface area contributed by atoms with E-state index in [9.17, 15) is 40.3 Å². The molecule has 1 fully saturated rings. The third-order valence-corrected chi connectivity index (χ3v) is 12.3. The van der Waals surface area contributed by atoms with E-state index in [2.05, 4.69) is 20.2 Å². The first kappa shape index (κ1) is 43.0. The topological polar surface area (TPSA) is 166 Å². The van der Waals surface area contributed by atoms with Crippen molar-refractivity contribution in [1.82, 2.24) is 34.4 Å². The zero-order valence-corrected chi connectivity index (χ0v) is 34.8. The Labute approximate surface area is 362 Å². The average Bonchev–Trinajstić information content (AvgIpc) is 3.75. The van der Waals surface area contributed by atoms with Gasteiger partial charge in [0, 0.05) is 36.6 Å². The number of aryl methyl sites for hydroxylation is 1. The van der Waals surface area contributed by atoms with Crippen molar-refractivity contribution in [2.45, 2.75) is 50.3 Å². The van der Waals surface area contributed by atoms with Crippen LogP contribution in [0.2, 0.25) is 5.02 Å². The van der Waals surface area contributed by atoms with Crippen LogP contribution in [0.25, 0.3) is 38.6 Å². The number of hydrogen-bond donors (Lipinski definition) is 3. The van der Waals surface area contributed by atoms with Gasteiger partial charge in [-0.1, -0.05) is 29.8 Å². The number of amides is 1.